The van der Waals surface area contributed by atoms with Crippen molar-refractivity contribution in [3.8, 4) is 0 Å². The summed E-state index contributed by atoms with van der Waals surface area (Å²) in [6.07, 6.45) is 5.27. The highest BCUT2D eigenvalue weighted by atomic mass is 19.1. The van der Waals surface area contributed by atoms with Crippen molar-refractivity contribution in [2.45, 2.75) is 49.5 Å². The molecule has 4 aliphatic rings. The standard InChI is InChI=1S/C19H23FO3/c1-23-18-8-12-6-14(9-18)19(11-17(21)22,15(7-12)10-18)13-2-4-16(20)5-3-13/h2-5,12,14-15H,6-11H2,1H3,(H,21,22)/t12?,14?,15?,18-,19-. The molecule has 124 valence electrons. The third kappa shape index (κ3) is 2.14. The zero-order valence-electron chi connectivity index (χ0n) is 13.4. The lowest BCUT2D eigenvalue weighted by molar-refractivity contribution is -0.185. The van der Waals surface area contributed by atoms with E-state index in [2.05, 4.69) is 0 Å². The van der Waals surface area contributed by atoms with Crippen LogP contribution in [0.1, 0.15) is 44.1 Å². The first-order valence-electron chi connectivity index (χ1n) is 8.50. The van der Waals surface area contributed by atoms with E-state index in [4.69, 9.17) is 4.74 Å². The SMILES string of the molecule is CO[C@]12CC3CC(C1)[C@@](CC(=O)O)(c1ccc(F)cc1)C(C3)C2. The second-order valence-electron chi connectivity index (χ2n) is 7.85. The summed E-state index contributed by atoms with van der Waals surface area (Å²) < 4.78 is 19.3. The van der Waals surface area contributed by atoms with Crippen LogP contribution in [0.25, 0.3) is 0 Å². The van der Waals surface area contributed by atoms with Gasteiger partial charge in [0.1, 0.15) is 5.82 Å². The van der Waals surface area contributed by atoms with Crippen molar-refractivity contribution >= 4 is 5.97 Å². The molecule has 4 bridgehead atoms. The van der Waals surface area contributed by atoms with E-state index >= 15 is 0 Å². The van der Waals surface area contributed by atoms with Gasteiger partial charge in [0.2, 0.25) is 0 Å². The molecule has 0 saturated heterocycles. The lowest BCUT2D eigenvalue weighted by Gasteiger charge is -2.65. The molecule has 4 heteroatoms. The lowest BCUT2D eigenvalue weighted by atomic mass is 9.41. The molecule has 4 saturated carbocycles. The maximum absolute atomic E-state index is 13.4. The van der Waals surface area contributed by atoms with E-state index in [0.717, 1.165) is 37.7 Å². The second kappa shape index (κ2) is 5.04. The number of carboxylic acids is 1. The van der Waals surface area contributed by atoms with Crippen LogP contribution in [0.15, 0.2) is 24.3 Å². The Morgan fingerprint density at radius 3 is 2.35 bits per heavy atom. The highest BCUT2D eigenvalue weighted by Gasteiger charge is 2.63. The molecule has 1 aromatic rings. The van der Waals surface area contributed by atoms with Crippen LogP contribution in [0.2, 0.25) is 0 Å². The van der Waals surface area contributed by atoms with Crippen LogP contribution in [0, 0.1) is 23.6 Å². The van der Waals surface area contributed by atoms with Crippen molar-refractivity contribution in [2.24, 2.45) is 17.8 Å². The third-order valence-corrected chi connectivity index (χ3v) is 6.85. The molecule has 4 fully saturated rings. The summed E-state index contributed by atoms with van der Waals surface area (Å²) in [5.74, 6) is 0.255. The Bertz CT molecular complexity index is 608. The molecule has 0 radical (unpaired) electrons. The highest BCUT2D eigenvalue weighted by molar-refractivity contribution is 5.69. The van der Waals surface area contributed by atoms with Crippen molar-refractivity contribution in [1.29, 1.82) is 0 Å². The third-order valence-electron chi connectivity index (χ3n) is 6.85. The lowest BCUT2D eigenvalue weighted by Crippen LogP contribution is -2.62. The number of halogens is 1. The maximum atomic E-state index is 13.4. The van der Waals surface area contributed by atoms with Gasteiger partial charge >= 0.3 is 5.97 Å². The van der Waals surface area contributed by atoms with E-state index in [0.29, 0.717) is 17.8 Å². The quantitative estimate of drug-likeness (QED) is 0.919. The monoisotopic (exact) mass is 318 g/mol. The van der Waals surface area contributed by atoms with Crippen molar-refractivity contribution < 1.29 is 19.0 Å². The number of hydrogen-bond donors (Lipinski definition) is 1. The normalized spacial score (nSPS) is 41.2. The predicted octanol–water partition coefficient (Wildman–Crippen LogP) is 3.76. The summed E-state index contributed by atoms with van der Waals surface area (Å²) in [7, 11) is 1.80. The average molecular weight is 318 g/mol. The minimum atomic E-state index is -0.756. The molecule has 1 aromatic carbocycles. The number of carboxylic acid groups (broad SMARTS) is 1. The molecular formula is C19H23FO3. The molecule has 0 heterocycles. The summed E-state index contributed by atoms with van der Waals surface area (Å²) in [5, 5.41) is 9.60. The van der Waals surface area contributed by atoms with Crippen LogP contribution in [0.4, 0.5) is 4.39 Å². The molecule has 3 nitrogen and oxygen atoms in total. The van der Waals surface area contributed by atoms with E-state index in [-0.39, 0.29) is 23.3 Å². The molecule has 0 spiro atoms. The topological polar surface area (TPSA) is 46.5 Å². The van der Waals surface area contributed by atoms with Gasteiger partial charge in [-0.25, -0.2) is 4.39 Å². The summed E-state index contributed by atoms with van der Waals surface area (Å²) in [6.45, 7) is 0. The van der Waals surface area contributed by atoms with Crippen LogP contribution < -0.4 is 0 Å². The van der Waals surface area contributed by atoms with E-state index in [1.807, 2.05) is 0 Å². The number of hydrogen-bond acceptors (Lipinski definition) is 2. The van der Waals surface area contributed by atoms with Gasteiger partial charge in [-0.15, -0.1) is 0 Å². The van der Waals surface area contributed by atoms with E-state index in [1.165, 1.54) is 12.1 Å². The van der Waals surface area contributed by atoms with Gasteiger partial charge in [-0.3, -0.25) is 4.79 Å². The summed E-state index contributed by atoms with van der Waals surface area (Å²) >= 11 is 0. The molecule has 0 amide bonds. The molecular weight excluding hydrogens is 295 g/mol. The van der Waals surface area contributed by atoms with Crippen LogP contribution in [0.5, 0.6) is 0 Å². The Morgan fingerprint density at radius 1 is 1.22 bits per heavy atom. The van der Waals surface area contributed by atoms with Crippen molar-refractivity contribution in [1.82, 2.24) is 0 Å². The number of ether oxygens (including phenoxy) is 1. The summed E-state index contributed by atoms with van der Waals surface area (Å²) in [5.41, 5.74) is 0.582. The van der Waals surface area contributed by atoms with Gasteiger partial charge in [0.15, 0.2) is 0 Å². The van der Waals surface area contributed by atoms with Gasteiger partial charge in [-0.2, -0.15) is 0 Å². The molecule has 0 aliphatic heterocycles. The van der Waals surface area contributed by atoms with Gasteiger partial charge in [0.05, 0.1) is 12.0 Å². The van der Waals surface area contributed by atoms with Gasteiger partial charge in [0.25, 0.3) is 0 Å². The first-order valence-corrected chi connectivity index (χ1v) is 8.50. The van der Waals surface area contributed by atoms with Gasteiger partial charge in [-0.05, 0) is 67.6 Å². The van der Waals surface area contributed by atoms with Crippen LogP contribution >= 0.6 is 0 Å². The van der Waals surface area contributed by atoms with Gasteiger partial charge in [0, 0.05) is 12.5 Å². The highest BCUT2D eigenvalue weighted by Crippen LogP contribution is 2.66. The Morgan fingerprint density at radius 2 is 1.83 bits per heavy atom. The number of benzene rings is 1. The van der Waals surface area contributed by atoms with E-state index < -0.39 is 5.97 Å². The molecule has 2 atom stereocenters. The predicted molar refractivity (Wildman–Crippen MR) is 83.6 cm³/mol. The number of rotatable bonds is 4. The molecule has 2 unspecified atom stereocenters. The maximum Gasteiger partial charge on any atom is 0.304 e. The smallest absolute Gasteiger partial charge is 0.304 e. The first kappa shape index (κ1) is 15.1. The second-order valence-corrected chi connectivity index (χ2v) is 7.85. The van der Waals surface area contributed by atoms with Gasteiger partial charge < -0.3 is 9.84 Å². The molecule has 4 aliphatic carbocycles. The Hall–Kier alpha value is -1.42. The van der Waals surface area contributed by atoms with Crippen molar-refractivity contribution in [2.75, 3.05) is 7.11 Å². The Labute approximate surface area is 135 Å². The molecule has 0 aromatic heterocycles. The fourth-order valence-electron chi connectivity index (χ4n) is 6.15. The van der Waals surface area contributed by atoms with E-state index in [9.17, 15) is 14.3 Å². The summed E-state index contributed by atoms with van der Waals surface area (Å²) in [6, 6.07) is 6.55. The average Bonchev–Trinajstić information content (AvgIpc) is 2.51. The molecule has 5 rings (SSSR count). The largest absolute Gasteiger partial charge is 0.481 e. The van der Waals surface area contributed by atoms with Crippen LogP contribution in [0.3, 0.4) is 0 Å². The van der Waals surface area contributed by atoms with Crippen molar-refractivity contribution in [3.63, 3.8) is 0 Å². The minimum Gasteiger partial charge on any atom is -0.481 e. The zero-order chi connectivity index (χ0) is 16.2. The summed E-state index contributed by atoms with van der Waals surface area (Å²) in [4.78, 5) is 11.7. The fraction of sp³-hybridized carbons (Fsp3) is 0.632. The van der Waals surface area contributed by atoms with Crippen LogP contribution in [-0.4, -0.2) is 23.8 Å². The van der Waals surface area contributed by atoms with Gasteiger partial charge in [-0.1, -0.05) is 12.1 Å². The Balaban J connectivity index is 1.81. The van der Waals surface area contributed by atoms with Crippen molar-refractivity contribution in [3.05, 3.63) is 35.6 Å². The number of methoxy groups -OCH3 is 1. The fourth-order valence-corrected chi connectivity index (χ4v) is 6.15. The van der Waals surface area contributed by atoms with Crippen LogP contribution in [-0.2, 0) is 14.9 Å². The molecule has 23 heavy (non-hydrogen) atoms. The molecule has 1 N–H and O–H groups in total. The number of carbonyl (C=O) groups is 1. The Kier molecular flexibility index (Phi) is 3.31. The number of aliphatic carboxylic acids is 1. The zero-order valence-corrected chi connectivity index (χ0v) is 13.4. The minimum absolute atomic E-state index is 0.0570. The van der Waals surface area contributed by atoms with E-state index in [1.54, 1.807) is 19.2 Å². The first-order chi connectivity index (χ1) is 11.0.